The Bertz CT molecular complexity index is 582. The molecule has 0 radical (unpaired) electrons. The van der Waals surface area contributed by atoms with Gasteiger partial charge < -0.3 is 9.88 Å². The molecule has 94 valence electrons. The lowest BCUT2D eigenvalue weighted by Gasteiger charge is -2.07. The molecule has 6 heteroatoms. The van der Waals surface area contributed by atoms with E-state index in [1.54, 1.807) is 18.3 Å². The molecule has 0 atom stereocenters. The van der Waals surface area contributed by atoms with Gasteiger partial charge in [-0.05, 0) is 18.2 Å². The Hall–Kier alpha value is -1.27. The van der Waals surface area contributed by atoms with E-state index in [2.05, 4.69) is 38.9 Å². The zero-order valence-electron chi connectivity index (χ0n) is 9.72. The van der Waals surface area contributed by atoms with Crippen molar-refractivity contribution in [3.05, 3.63) is 46.5 Å². The number of aromatic nitrogens is 2. The van der Waals surface area contributed by atoms with Gasteiger partial charge in [0.1, 0.15) is 5.82 Å². The zero-order chi connectivity index (χ0) is 13.1. The van der Waals surface area contributed by atoms with E-state index in [0.717, 1.165) is 10.3 Å². The van der Waals surface area contributed by atoms with Crippen LogP contribution >= 0.6 is 28.6 Å². The molecule has 2 aromatic rings. The first kappa shape index (κ1) is 13.2. The van der Waals surface area contributed by atoms with Gasteiger partial charge >= 0.3 is 0 Å². The Morgan fingerprint density at radius 3 is 2.94 bits per heavy atom. The van der Waals surface area contributed by atoms with Gasteiger partial charge in [0.2, 0.25) is 0 Å². The van der Waals surface area contributed by atoms with Crippen LogP contribution in [0, 0.1) is 0 Å². The third-order valence-corrected chi connectivity index (χ3v) is 3.40. The molecule has 1 N–H and O–H groups in total. The maximum Gasteiger partial charge on any atom is 0.252 e. The number of carbonyl (C=O) groups excluding carboxylic acids is 1. The second kappa shape index (κ2) is 5.58. The number of benzene rings is 1. The van der Waals surface area contributed by atoms with Crippen LogP contribution in [0.2, 0.25) is 0 Å². The average Bonchev–Trinajstić information content (AvgIpc) is 2.72. The van der Waals surface area contributed by atoms with Gasteiger partial charge in [-0.2, -0.15) is 0 Å². The molecule has 0 aliphatic heterocycles. The summed E-state index contributed by atoms with van der Waals surface area (Å²) < 4.78 is 2.76. The Balaban J connectivity index is 2.06. The van der Waals surface area contributed by atoms with Crippen LogP contribution in [-0.4, -0.2) is 15.5 Å². The zero-order valence-corrected chi connectivity index (χ0v) is 12.2. The van der Waals surface area contributed by atoms with Crippen LogP contribution in [-0.2, 0) is 13.6 Å². The van der Waals surface area contributed by atoms with Crippen LogP contribution in [0.15, 0.2) is 40.0 Å². The summed E-state index contributed by atoms with van der Waals surface area (Å²) in [4.78, 5) is 16.8. The van der Waals surface area contributed by atoms with Crippen LogP contribution in [0.25, 0.3) is 0 Å². The Labute approximate surface area is 119 Å². The average molecular weight is 326 g/mol. The first-order chi connectivity index (χ1) is 8.58. The molecule has 4 nitrogen and oxygen atoms in total. The molecule has 0 aliphatic carbocycles. The van der Waals surface area contributed by atoms with Crippen LogP contribution in [0.4, 0.5) is 0 Å². The molecule has 0 bridgehead atoms. The fourth-order valence-corrected chi connectivity index (χ4v) is 2.37. The van der Waals surface area contributed by atoms with Crippen molar-refractivity contribution in [1.82, 2.24) is 14.9 Å². The summed E-state index contributed by atoms with van der Waals surface area (Å²) in [6, 6.07) is 5.34. The molecule has 0 spiro atoms. The summed E-state index contributed by atoms with van der Waals surface area (Å²) in [6.45, 7) is 0.394. The Kier molecular flexibility index (Phi) is 4.08. The molecule has 1 aromatic heterocycles. The standard InChI is InChI=1S/C12H12BrN3OS/c1-16-5-4-14-11(16)7-15-12(17)9-3-2-8(13)6-10(9)18/h2-6,18H,7H2,1H3,(H,15,17). The summed E-state index contributed by atoms with van der Waals surface area (Å²) in [5.74, 6) is 0.650. The first-order valence-electron chi connectivity index (χ1n) is 5.31. The highest BCUT2D eigenvalue weighted by atomic mass is 79.9. The summed E-state index contributed by atoms with van der Waals surface area (Å²) in [6.07, 6.45) is 3.54. The number of halogens is 1. The first-order valence-corrected chi connectivity index (χ1v) is 6.55. The summed E-state index contributed by atoms with van der Waals surface area (Å²) in [7, 11) is 1.89. The van der Waals surface area contributed by atoms with Gasteiger partial charge in [-0.15, -0.1) is 12.6 Å². The second-order valence-corrected chi connectivity index (χ2v) is 5.20. The lowest BCUT2D eigenvalue weighted by Crippen LogP contribution is -2.24. The predicted molar refractivity (Wildman–Crippen MR) is 75.8 cm³/mol. The maximum absolute atomic E-state index is 12.0. The van der Waals surface area contributed by atoms with Crippen LogP contribution in [0.1, 0.15) is 16.2 Å². The SMILES string of the molecule is Cn1ccnc1CNC(=O)c1ccc(Br)cc1S. The molecule has 0 unspecified atom stereocenters. The number of carbonyl (C=O) groups is 1. The van der Waals surface area contributed by atoms with E-state index in [0.29, 0.717) is 17.0 Å². The van der Waals surface area contributed by atoms with Crippen LogP contribution in [0.3, 0.4) is 0 Å². The molecule has 0 saturated heterocycles. The van der Waals surface area contributed by atoms with Crippen molar-refractivity contribution < 1.29 is 4.79 Å². The topological polar surface area (TPSA) is 46.9 Å². The number of imidazole rings is 1. The Morgan fingerprint density at radius 2 is 2.33 bits per heavy atom. The predicted octanol–water partition coefficient (Wildman–Crippen LogP) is 2.40. The van der Waals surface area contributed by atoms with Crippen molar-refractivity contribution >= 4 is 34.5 Å². The molecule has 0 aliphatic rings. The third-order valence-electron chi connectivity index (χ3n) is 2.53. The van der Waals surface area contributed by atoms with Gasteiger partial charge in [0, 0.05) is 28.8 Å². The van der Waals surface area contributed by atoms with Crippen molar-refractivity contribution in [1.29, 1.82) is 0 Å². The third kappa shape index (κ3) is 2.94. The molecule has 18 heavy (non-hydrogen) atoms. The molecule has 0 saturated carbocycles. The molecular formula is C12H12BrN3OS. The largest absolute Gasteiger partial charge is 0.345 e. The minimum atomic E-state index is -0.157. The van der Waals surface area contributed by atoms with Crippen molar-refractivity contribution in [2.45, 2.75) is 11.4 Å². The number of thiol groups is 1. The summed E-state index contributed by atoms with van der Waals surface area (Å²) in [5.41, 5.74) is 0.552. The minimum Gasteiger partial charge on any atom is -0.345 e. The van der Waals surface area contributed by atoms with Gasteiger partial charge in [-0.1, -0.05) is 15.9 Å². The Morgan fingerprint density at radius 1 is 1.56 bits per heavy atom. The van der Waals surface area contributed by atoms with Crippen molar-refractivity contribution in [2.75, 3.05) is 0 Å². The van der Waals surface area contributed by atoms with E-state index in [1.807, 2.05) is 23.9 Å². The van der Waals surface area contributed by atoms with E-state index in [9.17, 15) is 4.79 Å². The number of rotatable bonds is 3. The van der Waals surface area contributed by atoms with Gasteiger partial charge in [-0.3, -0.25) is 4.79 Å². The van der Waals surface area contributed by atoms with Crippen LogP contribution < -0.4 is 5.32 Å². The number of aryl methyl sites for hydroxylation is 1. The number of hydrogen-bond donors (Lipinski definition) is 2. The van der Waals surface area contributed by atoms with E-state index >= 15 is 0 Å². The van der Waals surface area contributed by atoms with Gasteiger partial charge in [0.05, 0.1) is 12.1 Å². The highest BCUT2D eigenvalue weighted by Gasteiger charge is 2.10. The summed E-state index contributed by atoms with van der Waals surface area (Å²) in [5, 5.41) is 2.82. The van der Waals surface area contributed by atoms with Crippen molar-refractivity contribution in [3.8, 4) is 0 Å². The highest BCUT2D eigenvalue weighted by Crippen LogP contribution is 2.19. The molecule has 0 fully saturated rings. The number of hydrogen-bond acceptors (Lipinski definition) is 3. The van der Waals surface area contributed by atoms with Gasteiger partial charge in [-0.25, -0.2) is 4.98 Å². The molecule has 2 rings (SSSR count). The maximum atomic E-state index is 12.0. The number of amides is 1. The lowest BCUT2D eigenvalue weighted by atomic mass is 10.2. The molecule has 1 heterocycles. The van der Waals surface area contributed by atoms with Crippen molar-refractivity contribution in [2.24, 2.45) is 7.05 Å². The molecular weight excluding hydrogens is 314 g/mol. The lowest BCUT2D eigenvalue weighted by molar-refractivity contribution is 0.0946. The molecule has 1 amide bonds. The minimum absolute atomic E-state index is 0.157. The van der Waals surface area contributed by atoms with E-state index in [1.165, 1.54) is 0 Å². The normalized spacial score (nSPS) is 10.4. The van der Waals surface area contributed by atoms with Crippen molar-refractivity contribution in [3.63, 3.8) is 0 Å². The second-order valence-electron chi connectivity index (χ2n) is 3.80. The number of nitrogens with zero attached hydrogens (tertiary/aromatic N) is 2. The van der Waals surface area contributed by atoms with Crippen LogP contribution in [0.5, 0.6) is 0 Å². The van der Waals surface area contributed by atoms with E-state index < -0.39 is 0 Å². The van der Waals surface area contributed by atoms with E-state index in [4.69, 9.17) is 0 Å². The highest BCUT2D eigenvalue weighted by molar-refractivity contribution is 9.10. The van der Waals surface area contributed by atoms with Gasteiger partial charge in [0.15, 0.2) is 0 Å². The molecule has 1 aromatic carbocycles. The van der Waals surface area contributed by atoms with Gasteiger partial charge in [0.25, 0.3) is 5.91 Å². The summed E-state index contributed by atoms with van der Waals surface area (Å²) >= 11 is 7.62. The van der Waals surface area contributed by atoms with E-state index in [-0.39, 0.29) is 5.91 Å². The number of nitrogens with one attached hydrogen (secondary N) is 1. The fraction of sp³-hybridized carbons (Fsp3) is 0.167. The monoisotopic (exact) mass is 325 g/mol. The quantitative estimate of drug-likeness (QED) is 0.851. The fourth-order valence-electron chi connectivity index (χ4n) is 1.52. The smallest absolute Gasteiger partial charge is 0.252 e.